The number of aromatic nitrogens is 4. The standard InChI is InChI=1S/C14H13BrN6O3/c1-8-2-3-9(4-11(8)15)18-13(19-22)12-14(21-24-20-12)23-6-10-5-16-7-17-10/h2-5,7,22H,6H2,1H3,(H,16,17)(H,18,19). The molecular weight excluding hydrogens is 380 g/mol. The highest BCUT2D eigenvalue weighted by molar-refractivity contribution is 9.10. The van der Waals surface area contributed by atoms with Crippen LogP contribution in [0.1, 0.15) is 17.0 Å². The minimum atomic E-state index is 0.0478. The average molecular weight is 393 g/mol. The number of halogens is 1. The molecule has 0 fully saturated rings. The molecule has 24 heavy (non-hydrogen) atoms. The van der Waals surface area contributed by atoms with Crippen molar-refractivity contribution >= 4 is 27.5 Å². The van der Waals surface area contributed by atoms with Crippen molar-refractivity contribution < 1.29 is 14.6 Å². The van der Waals surface area contributed by atoms with E-state index in [0.717, 1.165) is 15.7 Å². The van der Waals surface area contributed by atoms with E-state index in [0.29, 0.717) is 5.69 Å². The number of hydrogen-bond donors (Lipinski definition) is 3. The number of amidine groups is 1. The molecule has 2 aromatic heterocycles. The Morgan fingerprint density at radius 3 is 3.04 bits per heavy atom. The van der Waals surface area contributed by atoms with Crippen LogP contribution in [-0.2, 0) is 6.61 Å². The number of aryl methyl sites for hydroxylation is 1. The Balaban J connectivity index is 1.84. The molecule has 0 amide bonds. The van der Waals surface area contributed by atoms with Crippen LogP contribution in [0.3, 0.4) is 0 Å². The van der Waals surface area contributed by atoms with Crippen LogP contribution in [0.4, 0.5) is 5.69 Å². The molecule has 0 atom stereocenters. The van der Waals surface area contributed by atoms with Gasteiger partial charge in [0.05, 0.1) is 23.9 Å². The Hall–Kier alpha value is -2.72. The van der Waals surface area contributed by atoms with Gasteiger partial charge in [-0.2, -0.15) is 0 Å². The Labute approximate surface area is 144 Å². The van der Waals surface area contributed by atoms with Gasteiger partial charge in [0.25, 0.3) is 5.88 Å². The van der Waals surface area contributed by atoms with Crippen molar-refractivity contribution in [2.45, 2.75) is 13.5 Å². The second-order valence-corrected chi connectivity index (χ2v) is 5.64. The minimum Gasteiger partial charge on any atom is -0.467 e. The lowest BCUT2D eigenvalue weighted by molar-refractivity contribution is 0.233. The predicted molar refractivity (Wildman–Crippen MR) is 87.2 cm³/mol. The van der Waals surface area contributed by atoms with E-state index in [4.69, 9.17) is 4.74 Å². The molecule has 0 aliphatic carbocycles. The third-order valence-corrected chi connectivity index (χ3v) is 3.96. The van der Waals surface area contributed by atoms with Gasteiger partial charge in [0.15, 0.2) is 5.84 Å². The molecule has 3 rings (SSSR count). The molecule has 9 nitrogen and oxygen atoms in total. The van der Waals surface area contributed by atoms with Crippen LogP contribution in [0.15, 0.2) is 44.8 Å². The quantitative estimate of drug-likeness (QED) is 0.346. The van der Waals surface area contributed by atoms with Gasteiger partial charge in [-0.25, -0.2) is 14.6 Å². The summed E-state index contributed by atoms with van der Waals surface area (Å²) in [5.74, 6) is 0.141. The van der Waals surface area contributed by atoms with Gasteiger partial charge >= 0.3 is 0 Å². The molecule has 0 aliphatic heterocycles. The number of benzene rings is 1. The maximum Gasteiger partial charge on any atom is 0.287 e. The van der Waals surface area contributed by atoms with Crippen molar-refractivity contribution in [3.8, 4) is 5.88 Å². The van der Waals surface area contributed by atoms with Crippen LogP contribution in [-0.4, -0.2) is 31.3 Å². The molecule has 0 unspecified atom stereocenters. The first-order chi connectivity index (χ1) is 11.7. The molecule has 124 valence electrons. The van der Waals surface area contributed by atoms with Gasteiger partial charge in [-0.05, 0) is 34.9 Å². The number of hydroxylamine groups is 1. The molecule has 0 saturated heterocycles. The van der Waals surface area contributed by atoms with Crippen molar-refractivity contribution in [1.29, 1.82) is 0 Å². The van der Waals surface area contributed by atoms with Gasteiger partial charge in [-0.3, -0.25) is 10.7 Å². The van der Waals surface area contributed by atoms with Gasteiger partial charge in [-0.1, -0.05) is 22.0 Å². The highest BCUT2D eigenvalue weighted by atomic mass is 79.9. The zero-order chi connectivity index (χ0) is 16.9. The Morgan fingerprint density at radius 1 is 1.46 bits per heavy atom. The van der Waals surface area contributed by atoms with Crippen molar-refractivity contribution in [3.63, 3.8) is 0 Å². The first-order valence-corrected chi connectivity index (χ1v) is 7.64. The third-order valence-electron chi connectivity index (χ3n) is 3.10. The second-order valence-electron chi connectivity index (χ2n) is 4.79. The normalized spacial score (nSPS) is 11.5. The molecule has 0 bridgehead atoms. The number of imidazole rings is 1. The summed E-state index contributed by atoms with van der Waals surface area (Å²) in [6, 6.07) is 5.51. The summed E-state index contributed by atoms with van der Waals surface area (Å²) in [6.45, 7) is 2.15. The molecular formula is C14H13BrN6O3. The van der Waals surface area contributed by atoms with Crippen LogP contribution in [0.2, 0.25) is 0 Å². The number of rotatable bonds is 5. The largest absolute Gasteiger partial charge is 0.467 e. The van der Waals surface area contributed by atoms with Crippen LogP contribution in [0.25, 0.3) is 0 Å². The number of nitrogens with one attached hydrogen (secondary N) is 2. The van der Waals surface area contributed by atoms with Crippen molar-refractivity contribution in [1.82, 2.24) is 25.8 Å². The van der Waals surface area contributed by atoms with Gasteiger partial charge in [-0.15, -0.1) is 0 Å². The highest BCUT2D eigenvalue weighted by Crippen LogP contribution is 2.24. The van der Waals surface area contributed by atoms with E-state index >= 15 is 0 Å². The summed E-state index contributed by atoms with van der Waals surface area (Å²) < 4.78 is 11.1. The molecule has 3 aromatic rings. The fourth-order valence-electron chi connectivity index (χ4n) is 1.84. The smallest absolute Gasteiger partial charge is 0.287 e. The minimum absolute atomic E-state index is 0.0478. The lowest BCUT2D eigenvalue weighted by Crippen LogP contribution is -2.21. The van der Waals surface area contributed by atoms with Gasteiger partial charge in [0, 0.05) is 4.47 Å². The summed E-state index contributed by atoms with van der Waals surface area (Å²) in [5.41, 5.74) is 4.56. The lowest BCUT2D eigenvalue weighted by atomic mass is 10.2. The molecule has 0 radical (unpaired) electrons. The van der Waals surface area contributed by atoms with E-state index in [1.54, 1.807) is 12.3 Å². The third kappa shape index (κ3) is 3.60. The first kappa shape index (κ1) is 16.1. The van der Waals surface area contributed by atoms with Crippen molar-refractivity contribution in [2.24, 2.45) is 4.99 Å². The molecule has 0 spiro atoms. The maximum atomic E-state index is 9.39. The van der Waals surface area contributed by atoms with Gasteiger partial charge in [0.1, 0.15) is 6.61 Å². The van der Waals surface area contributed by atoms with E-state index in [1.165, 1.54) is 6.33 Å². The van der Waals surface area contributed by atoms with E-state index < -0.39 is 0 Å². The first-order valence-electron chi connectivity index (χ1n) is 6.85. The molecule has 10 heteroatoms. The van der Waals surface area contributed by atoms with Crippen LogP contribution < -0.4 is 10.2 Å². The predicted octanol–water partition coefficient (Wildman–Crippen LogP) is 2.50. The topological polar surface area (TPSA) is 121 Å². The Bertz CT molecular complexity index is 846. The number of aliphatic imine (C=N–C) groups is 1. The summed E-state index contributed by atoms with van der Waals surface area (Å²) in [6.07, 6.45) is 3.16. The summed E-state index contributed by atoms with van der Waals surface area (Å²) >= 11 is 3.44. The SMILES string of the molecule is Cc1ccc(N=C(NO)c2nonc2OCc2cnc[nH]2)cc1Br. The monoisotopic (exact) mass is 392 g/mol. The average Bonchev–Trinajstić information content (AvgIpc) is 3.25. The summed E-state index contributed by atoms with van der Waals surface area (Å²) in [7, 11) is 0. The van der Waals surface area contributed by atoms with Crippen LogP contribution >= 0.6 is 15.9 Å². The molecule has 3 N–H and O–H groups in total. The van der Waals surface area contributed by atoms with E-state index in [2.05, 4.69) is 45.8 Å². The summed E-state index contributed by atoms with van der Waals surface area (Å²) in [4.78, 5) is 11.1. The van der Waals surface area contributed by atoms with E-state index in [9.17, 15) is 5.21 Å². The Kier molecular flexibility index (Phi) is 4.87. The number of aromatic amines is 1. The van der Waals surface area contributed by atoms with E-state index in [1.807, 2.05) is 24.5 Å². The zero-order valence-electron chi connectivity index (χ0n) is 12.5. The fourth-order valence-corrected chi connectivity index (χ4v) is 2.21. The number of H-pyrrole nitrogens is 1. The number of hydrogen-bond acceptors (Lipinski definition) is 7. The maximum absolute atomic E-state index is 9.39. The van der Waals surface area contributed by atoms with Gasteiger partial charge in [0.2, 0.25) is 5.69 Å². The van der Waals surface area contributed by atoms with Crippen LogP contribution in [0, 0.1) is 6.92 Å². The highest BCUT2D eigenvalue weighted by Gasteiger charge is 2.18. The van der Waals surface area contributed by atoms with Gasteiger partial charge < -0.3 is 9.72 Å². The molecule has 0 aliphatic rings. The lowest BCUT2D eigenvalue weighted by Gasteiger charge is -2.05. The van der Waals surface area contributed by atoms with Crippen molar-refractivity contribution in [3.05, 3.63) is 52.1 Å². The fraction of sp³-hybridized carbons (Fsp3) is 0.143. The zero-order valence-corrected chi connectivity index (χ0v) is 14.1. The van der Waals surface area contributed by atoms with Crippen molar-refractivity contribution in [2.75, 3.05) is 0 Å². The Morgan fingerprint density at radius 2 is 2.33 bits per heavy atom. The number of nitrogens with zero attached hydrogens (tertiary/aromatic N) is 4. The number of ether oxygens (including phenoxy) is 1. The second kappa shape index (κ2) is 7.23. The van der Waals surface area contributed by atoms with E-state index in [-0.39, 0.29) is 24.0 Å². The molecule has 0 saturated carbocycles. The van der Waals surface area contributed by atoms with Crippen LogP contribution in [0.5, 0.6) is 5.88 Å². The molecule has 2 heterocycles. The molecule has 1 aromatic carbocycles. The summed E-state index contributed by atoms with van der Waals surface area (Å²) in [5, 5.41) is 16.8.